The minimum Gasteiger partial charge on any atom is -0.477 e. The summed E-state index contributed by atoms with van der Waals surface area (Å²) in [4.78, 5) is 27.6. The quantitative estimate of drug-likeness (QED) is 0.741. The highest BCUT2D eigenvalue weighted by Crippen LogP contribution is 2.15. The molecule has 0 saturated carbocycles. The Morgan fingerprint density at radius 3 is 2.62 bits per heavy atom. The maximum Gasteiger partial charge on any atom is 0.344 e. The number of ether oxygens (including phenoxy) is 2. The van der Waals surface area contributed by atoms with E-state index in [0.29, 0.717) is 6.61 Å². The lowest BCUT2D eigenvalue weighted by Crippen LogP contribution is -2.36. The summed E-state index contributed by atoms with van der Waals surface area (Å²) < 4.78 is 10.2. The first kappa shape index (κ1) is 16.9. The molecule has 6 heteroatoms. The number of hydrogen-bond donors (Lipinski definition) is 1. The van der Waals surface area contributed by atoms with Gasteiger partial charge in [0.25, 0.3) is 5.91 Å². The number of nitrogens with one attached hydrogen (secondary N) is 1. The van der Waals surface area contributed by atoms with Crippen LogP contribution >= 0.6 is 0 Å². The highest BCUT2D eigenvalue weighted by atomic mass is 16.5. The number of aromatic nitrogens is 1. The van der Waals surface area contributed by atoms with E-state index < -0.39 is 5.97 Å². The Kier molecular flexibility index (Phi) is 7.21. The average Bonchev–Trinajstić information content (AvgIpc) is 2.51. The number of amides is 1. The molecule has 1 aromatic rings. The predicted octanol–water partition coefficient (Wildman–Crippen LogP) is 1.94. The Balaban J connectivity index is 2.56. The fourth-order valence-electron chi connectivity index (χ4n) is 1.77. The van der Waals surface area contributed by atoms with Gasteiger partial charge in [0, 0.05) is 12.2 Å². The van der Waals surface area contributed by atoms with Gasteiger partial charge in [-0.25, -0.2) is 9.78 Å². The molecule has 0 unspecified atom stereocenters. The highest BCUT2D eigenvalue weighted by Gasteiger charge is 2.17. The van der Waals surface area contributed by atoms with Gasteiger partial charge in [-0.05, 0) is 31.9 Å². The van der Waals surface area contributed by atoms with Crippen molar-refractivity contribution in [3.8, 4) is 5.88 Å². The summed E-state index contributed by atoms with van der Waals surface area (Å²) in [6, 6.07) is 3.27. The van der Waals surface area contributed by atoms with Crippen LogP contribution in [0.3, 0.4) is 0 Å². The summed E-state index contributed by atoms with van der Waals surface area (Å²) in [6.45, 7) is 5.87. The van der Waals surface area contributed by atoms with Gasteiger partial charge in [-0.2, -0.15) is 0 Å². The highest BCUT2D eigenvalue weighted by molar-refractivity contribution is 5.93. The molecule has 6 nitrogen and oxygen atoms in total. The van der Waals surface area contributed by atoms with E-state index in [1.54, 1.807) is 19.1 Å². The van der Waals surface area contributed by atoms with E-state index in [2.05, 4.69) is 10.3 Å². The van der Waals surface area contributed by atoms with Crippen LogP contribution in [0, 0.1) is 0 Å². The van der Waals surface area contributed by atoms with Crippen LogP contribution in [-0.2, 0) is 9.53 Å². The summed E-state index contributed by atoms with van der Waals surface area (Å²) in [7, 11) is 0. The maximum absolute atomic E-state index is 11.9. The van der Waals surface area contributed by atoms with E-state index >= 15 is 0 Å². The first-order valence-electron chi connectivity index (χ1n) is 7.16. The number of carbonyl (C=O) groups is 2. The molecule has 0 spiro atoms. The molecule has 1 N–H and O–H groups in total. The molecular formula is C15H22N2O4. The van der Waals surface area contributed by atoms with Crippen molar-refractivity contribution >= 4 is 11.9 Å². The molecule has 0 aliphatic carbocycles. The third-order valence-corrected chi connectivity index (χ3v) is 2.96. The van der Waals surface area contributed by atoms with Gasteiger partial charge in [-0.1, -0.05) is 13.8 Å². The minimum absolute atomic E-state index is 0.105. The van der Waals surface area contributed by atoms with Crippen LogP contribution in [0.5, 0.6) is 5.88 Å². The second-order valence-electron chi connectivity index (χ2n) is 4.45. The van der Waals surface area contributed by atoms with E-state index in [1.807, 2.05) is 13.8 Å². The van der Waals surface area contributed by atoms with Crippen LogP contribution in [-0.4, -0.2) is 36.1 Å². The van der Waals surface area contributed by atoms with Gasteiger partial charge in [0.05, 0.1) is 6.61 Å². The number of carbonyl (C=O) groups excluding carboxylic acids is 2. The first-order chi connectivity index (χ1) is 10.1. The van der Waals surface area contributed by atoms with Gasteiger partial charge in [-0.3, -0.25) is 4.79 Å². The van der Waals surface area contributed by atoms with Crippen molar-refractivity contribution < 1.29 is 19.1 Å². The zero-order valence-electron chi connectivity index (χ0n) is 12.7. The largest absolute Gasteiger partial charge is 0.477 e. The molecule has 21 heavy (non-hydrogen) atoms. The summed E-state index contributed by atoms with van der Waals surface area (Å²) >= 11 is 0. The van der Waals surface area contributed by atoms with Crippen molar-refractivity contribution in [3.63, 3.8) is 0 Å². The molecule has 1 amide bonds. The van der Waals surface area contributed by atoms with Crippen molar-refractivity contribution in [3.05, 3.63) is 23.9 Å². The molecule has 0 aromatic carbocycles. The second-order valence-corrected chi connectivity index (χ2v) is 4.45. The fraction of sp³-hybridized carbons (Fsp3) is 0.533. The lowest BCUT2D eigenvalue weighted by atomic mass is 10.2. The SMILES string of the molecule is CCOc1ncccc1C(=O)OCC(=O)NC(CC)CC. The molecule has 1 aromatic heterocycles. The van der Waals surface area contributed by atoms with Crippen LogP contribution in [0.1, 0.15) is 44.0 Å². The molecule has 0 atom stereocenters. The van der Waals surface area contributed by atoms with Crippen LogP contribution in [0.15, 0.2) is 18.3 Å². The average molecular weight is 294 g/mol. The predicted molar refractivity (Wildman–Crippen MR) is 78.2 cm³/mol. The Hall–Kier alpha value is -2.11. The summed E-state index contributed by atoms with van der Waals surface area (Å²) in [5, 5.41) is 2.80. The Morgan fingerprint density at radius 2 is 2.00 bits per heavy atom. The second kappa shape index (κ2) is 8.94. The van der Waals surface area contributed by atoms with Crippen molar-refractivity contribution in [2.45, 2.75) is 39.7 Å². The van der Waals surface area contributed by atoms with Crippen LogP contribution in [0.2, 0.25) is 0 Å². The standard InChI is InChI=1S/C15H22N2O4/c1-4-11(5-2)17-13(18)10-21-15(19)12-8-7-9-16-14(12)20-6-3/h7-9,11H,4-6,10H2,1-3H3,(H,17,18). The van der Waals surface area contributed by atoms with Gasteiger partial charge >= 0.3 is 5.97 Å². The Morgan fingerprint density at radius 1 is 1.29 bits per heavy atom. The number of esters is 1. The molecule has 1 rings (SSSR count). The van der Waals surface area contributed by atoms with Crippen LogP contribution < -0.4 is 10.1 Å². The minimum atomic E-state index is -0.619. The van der Waals surface area contributed by atoms with Crippen LogP contribution in [0.25, 0.3) is 0 Å². The normalized spacial score (nSPS) is 10.3. The van der Waals surface area contributed by atoms with Gasteiger partial charge in [0.1, 0.15) is 5.56 Å². The topological polar surface area (TPSA) is 77.5 Å². The molecule has 0 aliphatic heterocycles. The summed E-state index contributed by atoms with van der Waals surface area (Å²) in [5.41, 5.74) is 0.217. The molecule has 1 heterocycles. The van der Waals surface area contributed by atoms with Gasteiger partial charge in [0.15, 0.2) is 6.61 Å². The third-order valence-electron chi connectivity index (χ3n) is 2.96. The van der Waals surface area contributed by atoms with E-state index in [4.69, 9.17) is 9.47 Å². The van der Waals surface area contributed by atoms with Crippen molar-refractivity contribution in [2.75, 3.05) is 13.2 Å². The van der Waals surface area contributed by atoms with Crippen molar-refractivity contribution in [1.82, 2.24) is 10.3 Å². The number of hydrogen-bond acceptors (Lipinski definition) is 5. The van der Waals surface area contributed by atoms with E-state index in [-0.39, 0.29) is 30.0 Å². The van der Waals surface area contributed by atoms with E-state index in [0.717, 1.165) is 12.8 Å². The molecule has 0 saturated heterocycles. The zero-order valence-corrected chi connectivity index (χ0v) is 12.7. The molecule has 0 bridgehead atoms. The van der Waals surface area contributed by atoms with E-state index in [1.165, 1.54) is 6.20 Å². The fourth-order valence-corrected chi connectivity index (χ4v) is 1.77. The van der Waals surface area contributed by atoms with Gasteiger partial charge in [-0.15, -0.1) is 0 Å². The molecule has 116 valence electrons. The zero-order chi connectivity index (χ0) is 15.7. The smallest absolute Gasteiger partial charge is 0.344 e. The van der Waals surface area contributed by atoms with Gasteiger partial charge < -0.3 is 14.8 Å². The van der Waals surface area contributed by atoms with E-state index in [9.17, 15) is 9.59 Å². The maximum atomic E-state index is 11.9. The van der Waals surface area contributed by atoms with Crippen LogP contribution in [0.4, 0.5) is 0 Å². The molecular weight excluding hydrogens is 272 g/mol. The molecule has 0 aliphatic rings. The lowest BCUT2D eigenvalue weighted by molar-refractivity contribution is -0.125. The third kappa shape index (κ3) is 5.41. The van der Waals surface area contributed by atoms with Gasteiger partial charge in [0.2, 0.25) is 5.88 Å². The molecule has 0 fully saturated rings. The number of nitrogens with zero attached hydrogens (tertiary/aromatic N) is 1. The molecule has 0 radical (unpaired) electrons. The Labute approximate surface area is 124 Å². The monoisotopic (exact) mass is 294 g/mol. The van der Waals surface area contributed by atoms with Crippen molar-refractivity contribution in [1.29, 1.82) is 0 Å². The Bertz CT molecular complexity index is 472. The summed E-state index contributed by atoms with van der Waals surface area (Å²) in [6.07, 6.45) is 3.21. The lowest BCUT2D eigenvalue weighted by Gasteiger charge is -2.14. The number of pyridine rings is 1. The first-order valence-corrected chi connectivity index (χ1v) is 7.16. The number of rotatable bonds is 8. The van der Waals surface area contributed by atoms with Crippen molar-refractivity contribution in [2.24, 2.45) is 0 Å². The summed E-state index contributed by atoms with van der Waals surface area (Å²) in [5.74, 6) is -0.712.